The second kappa shape index (κ2) is 11.1. The lowest BCUT2D eigenvalue weighted by Gasteiger charge is -2.17. The highest BCUT2D eigenvalue weighted by atomic mass is 16.5. The van der Waals surface area contributed by atoms with Crippen LogP contribution in [-0.4, -0.2) is 65.9 Å². The molecule has 0 saturated carbocycles. The number of hydrogen-bond donors (Lipinski definition) is 4. The highest BCUT2D eigenvalue weighted by Crippen LogP contribution is 2.34. The highest BCUT2D eigenvalue weighted by Gasteiger charge is 2.16. The van der Waals surface area contributed by atoms with Crippen LogP contribution in [0.5, 0.6) is 5.75 Å². The minimum atomic E-state index is -0.272. The van der Waals surface area contributed by atoms with Gasteiger partial charge in [-0.15, -0.1) is 0 Å². The minimum Gasteiger partial charge on any atom is -0.496 e. The SMILES string of the molecule is COc1cc(CNCCN(C)C)ccc1-c1cc2c(N[C@H](CO)c3ccccc3)ncnc2[nH]1. The van der Waals surface area contributed by atoms with Crippen molar-refractivity contribution in [1.29, 1.82) is 0 Å². The van der Waals surface area contributed by atoms with E-state index in [1.807, 2.05) is 36.4 Å². The van der Waals surface area contributed by atoms with Crippen LogP contribution in [0.1, 0.15) is 17.2 Å². The van der Waals surface area contributed by atoms with E-state index in [0.717, 1.165) is 53.2 Å². The lowest BCUT2D eigenvalue weighted by Crippen LogP contribution is -2.26. The summed E-state index contributed by atoms with van der Waals surface area (Å²) in [6, 6.07) is 17.8. The molecule has 8 nitrogen and oxygen atoms in total. The number of likely N-dealkylation sites (N-methyl/N-ethyl adjacent to an activating group) is 1. The average Bonchev–Trinajstić information content (AvgIpc) is 3.30. The molecule has 2 aromatic carbocycles. The van der Waals surface area contributed by atoms with Crippen molar-refractivity contribution in [3.8, 4) is 17.0 Å². The van der Waals surface area contributed by atoms with E-state index in [9.17, 15) is 5.11 Å². The number of aromatic amines is 1. The topological polar surface area (TPSA) is 98.3 Å². The number of ether oxygens (including phenoxy) is 1. The Bertz CT molecular complexity index is 1210. The molecule has 0 amide bonds. The molecule has 0 unspecified atom stereocenters. The molecule has 0 fully saturated rings. The predicted molar refractivity (Wildman–Crippen MR) is 136 cm³/mol. The van der Waals surface area contributed by atoms with E-state index in [1.165, 1.54) is 6.33 Å². The summed E-state index contributed by atoms with van der Waals surface area (Å²) >= 11 is 0. The first kappa shape index (κ1) is 23.7. The molecule has 0 aliphatic carbocycles. The van der Waals surface area contributed by atoms with Crippen molar-refractivity contribution >= 4 is 16.9 Å². The van der Waals surface area contributed by atoms with E-state index >= 15 is 0 Å². The van der Waals surface area contributed by atoms with Gasteiger partial charge in [-0.2, -0.15) is 0 Å². The Kier molecular flexibility index (Phi) is 7.74. The molecule has 0 aliphatic rings. The molecule has 0 radical (unpaired) electrons. The molecule has 2 heterocycles. The standard InChI is InChI=1S/C26H32N6O2/c1-32(2)12-11-27-15-18-9-10-20(24(13-18)34-3)22-14-21-25(30-22)28-17-29-26(21)31-23(16-33)19-7-5-4-6-8-19/h4-10,13-14,17,23,27,33H,11-12,15-16H2,1-3H3,(H2,28,29,30,31)/t23-/m1/s1. The average molecular weight is 461 g/mol. The van der Waals surface area contributed by atoms with E-state index in [0.29, 0.717) is 11.5 Å². The molecule has 34 heavy (non-hydrogen) atoms. The normalized spacial score (nSPS) is 12.3. The Morgan fingerprint density at radius 1 is 1.09 bits per heavy atom. The van der Waals surface area contributed by atoms with Crippen LogP contribution in [-0.2, 0) is 6.54 Å². The molecule has 0 saturated heterocycles. The minimum absolute atomic E-state index is 0.0509. The van der Waals surface area contributed by atoms with Crippen molar-refractivity contribution < 1.29 is 9.84 Å². The van der Waals surface area contributed by atoms with Crippen LogP contribution in [0, 0.1) is 0 Å². The zero-order valence-corrected chi connectivity index (χ0v) is 19.9. The number of H-pyrrole nitrogens is 1. The number of aliphatic hydroxyl groups excluding tert-OH is 1. The summed E-state index contributed by atoms with van der Waals surface area (Å²) in [7, 11) is 5.82. The number of nitrogens with one attached hydrogen (secondary N) is 3. The van der Waals surface area contributed by atoms with Gasteiger partial charge in [-0.3, -0.25) is 0 Å². The number of aliphatic hydroxyl groups is 1. The van der Waals surface area contributed by atoms with Crippen molar-refractivity contribution in [3.05, 3.63) is 72.1 Å². The second-order valence-electron chi connectivity index (χ2n) is 8.47. The lowest BCUT2D eigenvalue weighted by atomic mass is 10.1. The molecular formula is C26H32N6O2. The van der Waals surface area contributed by atoms with Gasteiger partial charge in [0, 0.05) is 25.2 Å². The summed E-state index contributed by atoms with van der Waals surface area (Å²) in [5.41, 5.74) is 4.71. The number of nitrogens with zero attached hydrogens (tertiary/aromatic N) is 3. The maximum absolute atomic E-state index is 9.96. The maximum Gasteiger partial charge on any atom is 0.143 e. The molecule has 0 aliphatic heterocycles. The lowest BCUT2D eigenvalue weighted by molar-refractivity contribution is 0.276. The first-order chi connectivity index (χ1) is 16.6. The van der Waals surface area contributed by atoms with E-state index in [4.69, 9.17) is 4.74 Å². The van der Waals surface area contributed by atoms with Crippen LogP contribution in [0.15, 0.2) is 60.9 Å². The molecule has 4 aromatic rings. The van der Waals surface area contributed by atoms with Gasteiger partial charge in [-0.25, -0.2) is 9.97 Å². The fraction of sp³-hybridized carbons (Fsp3) is 0.308. The van der Waals surface area contributed by atoms with Gasteiger partial charge >= 0.3 is 0 Å². The van der Waals surface area contributed by atoms with Gasteiger partial charge in [0.2, 0.25) is 0 Å². The smallest absolute Gasteiger partial charge is 0.143 e. The number of hydrogen-bond acceptors (Lipinski definition) is 7. The summed E-state index contributed by atoms with van der Waals surface area (Å²) < 4.78 is 5.71. The van der Waals surface area contributed by atoms with E-state index in [-0.39, 0.29) is 12.6 Å². The molecule has 0 spiro atoms. The van der Waals surface area contributed by atoms with Gasteiger partial charge in [0.25, 0.3) is 0 Å². The van der Waals surface area contributed by atoms with Crippen LogP contribution >= 0.6 is 0 Å². The van der Waals surface area contributed by atoms with Crippen LogP contribution in [0.2, 0.25) is 0 Å². The quantitative estimate of drug-likeness (QED) is 0.255. The Morgan fingerprint density at radius 3 is 2.65 bits per heavy atom. The Balaban J connectivity index is 1.58. The first-order valence-electron chi connectivity index (χ1n) is 11.4. The van der Waals surface area contributed by atoms with E-state index in [1.54, 1.807) is 7.11 Å². The summed E-state index contributed by atoms with van der Waals surface area (Å²) in [6.45, 7) is 2.64. The summed E-state index contributed by atoms with van der Waals surface area (Å²) in [6.07, 6.45) is 1.52. The molecule has 8 heteroatoms. The fourth-order valence-corrected chi connectivity index (χ4v) is 3.89. The van der Waals surface area contributed by atoms with Gasteiger partial charge in [-0.05, 0) is 43.4 Å². The van der Waals surface area contributed by atoms with Crippen molar-refractivity contribution in [1.82, 2.24) is 25.2 Å². The zero-order chi connectivity index (χ0) is 23.9. The van der Waals surface area contributed by atoms with Crippen molar-refractivity contribution in [2.75, 3.05) is 46.2 Å². The number of methoxy groups -OCH3 is 1. The third-order valence-corrected chi connectivity index (χ3v) is 5.74. The maximum atomic E-state index is 9.96. The fourth-order valence-electron chi connectivity index (χ4n) is 3.89. The largest absolute Gasteiger partial charge is 0.496 e. The predicted octanol–water partition coefficient (Wildman–Crippen LogP) is 3.43. The molecule has 178 valence electrons. The number of rotatable bonds is 11. The monoisotopic (exact) mass is 460 g/mol. The van der Waals surface area contributed by atoms with Crippen molar-refractivity contribution in [2.45, 2.75) is 12.6 Å². The molecule has 4 rings (SSSR count). The molecule has 0 bridgehead atoms. The summed E-state index contributed by atoms with van der Waals surface area (Å²) in [5, 5.41) is 17.6. The van der Waals surface area contributed by atoms with E-state index in [2.05, 4.69) is 62.8 Å². The van der Waals surface area contributed by atoms with Crippen LogP contribution in [0.4, 0.5) is 5.82 Å². The number of anilines is 1. The first-order valence-corrected chi connectivity index (χ1v) is 11.4. The Hall–Kier alpha value is -3.46. The second-order valence-corrected chi connectivity index (χ2v) is 8.47. The zero-order valence-electron chi connectivity index (χ0n) is 19.9. The highest BCUT2D eigenvalue weighted by molar-refractivity contribution is 5.92. The summed E-state index contributed by atoms with van der Waals surface area (Å²) in [5.74, 6) is 1.45. The van der Waals surface area contributed by atoms with Crippen molar-refractivity contribution in [2.24, 2.45) is 0 Å². The van der Waals surface area contributed by atoms with Gasteiger partial charge in [0.15, 0.2) is 0 Å². The van der Waals surface area contributed by atoms with Gasteiger partial charge in [0.1, 0.15) is 23.5 Å². The Labute approximate surface area is 200 Å². The van der Waals surface area contributed by atoms with E-state index < -0.39 is 0 Å². The third-order valence-electron chi connectivity index (χ3n) is 5.74. The van der Waals surface area contributed by atoms with Gasteiger partial charge in [-0.1, -0.05) is 36.4 Å². The molecule has 1 atom stereocenters. The van der Waals surface area contributed by atoms with Crippen molar-refractivity contribution in [3.63, 3.8) is 0 Å². The molecule has 2 aromatic heterocycles. The molecule has 4 N–H and O–H groups in total. The summed E-state index contributed by atoms with van der Waals surface area (Å²) in [4.78, 5) is 14.4. The van der Waals surface area contributed by atoms with Gasteiger partial charge < -0.3 is 30.4 Å². The number of benzene rings is 2. The number of fused-ring (bicyclic) bond motifs is 1. The van der Waals surface area contributed by atoms with Crippen LogP contribution < -0.4 is 15.4 Å². The molecular weight excluding hydrogens is 428 g/mol. The Morgan fingerprint density at radius 2 is 1.91 bits per heavy atom. The van der Waals surface area contributed by atoms with Gasteiger partial charge in [0.05, 0.1) is 30.8 Å². The van der Waals surface area contributed by atoms with Crippen LogP contribution in [0.3, 0.4) is 0 Å². The third kappa shape index (κ3) is 5.53. The number of aromatic nitrogens is 3. The van der Waals surface area contributed by atoms with Crippen LogP contribution in [0.25, 0.3) is 22.3 Å².